The second-order valence-corrected chi connectivity index (χ2v) is 6.20. The number of thiophene rings is 1. The van der Waals surface area contributed by atoms with Crippen molar-refractivity contribution in [2.75, 3.05) is 13.2 Å². The Hall–Kier alpha value is -2.14. The molecule has 1 aromatic carbocycles. The van der Waals surface area contributed by atoms with Gasteiger partial charge in [0.2, 0.25) is 0 Å². The molecule has 22 heavy (non-hydrogen) atoms. The third-order valence-corrected chi connectivity index (χ3v) is 4.31. The van der Waals surface area contributed by atoms with Gasteiger partial charge in [-0.1, -0.05) is 12.1 Å². The minimum absolute atomic E-state index is 0.00654. The number of rotatable bonds is 7. The lowest BCUT2D eigenvalue weighted by Gasteiger charge is -2.07. The summed E-state index contributed by atoms with van der Waals surface area (Å²) in [6, 6.07) is 11.3. The minimum atomic E-state index is -0.148. The van der Waals surface area contributed by atoms with Gasteiger partial charge in [-0.05, 0) is 50.1 Å². The van der Waals surface area contributed by atoms with E-state index in [-0.39, 0.29) is 18.3 Å². The summed E-state index contributed by atoms with van der Waals surface area (Å²) >= 11 is 1.47. The quantitative estimate of drug-likeness (QED) is 0.799. The molecular formula is C17H19NO3S. The minimum Gasteiger partial charge on any atom is -0.484 e. The summed E-state index contributed by atoms with van der Waals surface area (Å²) in [5, 5.41) is 2.81. The molecule has 1 heterocycles. The van der Waals surface area contributed by atoms with Crippen LogP contribution >= 0.6 is 11.3 Å². The maximum atomic E-state index is 11.7. The molecule has 1 N–H and O–H groups in total. The molecule has 0 spiro atoms. The zero-order valence-corrected chi connectivity index (χ0v) is 13.5. The Labute approximate surface area is 134 Å². The Morgan fingerprint density at radius 1 is 1.23 bits per heavy atom. The van der Waals surface area contributed by atoms with Gasteiger partial charge < -0.3 is 10.1 Å². The van der Waals surface area contributed by atoms with E-state index >= 15 is 0 Å². The molecule has 1 amide bonds. The van der Waals surface area contributed by atoms with E-state index in [4.69, 9.17) is 4.74 Å². The monoisotopic (exact) mass is 317 g/mol. The van der Waals surface area contributed by atoms with E-state index in [1.54, 1.807) is 6.92 Å². The van der Waals surface area contributed by atoms with E-state index in [0.29, 0.717) is 18.7 Å². The van der Waals surface area contributed by atoms with E-state index in [0.717, 1.165) is 15.3 Å². The van der Waals surface area contributed by atoms with Crippen molar-refractivity contribution >= 4 is 23.0 Å². The number of carbonyl (C=O) groups excluding carboxylic acids is 2. The normalized spacial score (nSPS) is 10.3. The number of ketones is 1. The van der Waals surface area contributed by atoms with Crippen molar-refractivity contribution in [2.24, 2.45) is 0 Å². The summed E-state index contributed by atoms with van der Waals surface area (Å²) in [5.41, 5.74) is 1.09. The second-order valence-electron chi connectivity index (χ2n) is 5.03. The molecular weight excluding hydrogens is 298 g/mol. The fraction of sp³-hybridized carbons (Fsp3) is 0.294. The molecule has 0 radical (unpaired) electrons. The lowest BCUT2D eigenvalue weighted by Crippen LogP contribution is -2.30. The first-order valence-corrected chi connectivity index (χ1v) is 7.92. The van der Waals surface area contributed by atoms with Crippen LogP contribution in [0.5, 0.6) is 5.75 Å². The number of hydrogen-bond acceptors (Lipinski definition) is 4. The van der Waals surface area contributed by atoms with Crippen molar-refractivity contribution in [3.63, 3.8) is 0 Å². The van der Waals surface area contributed by atoms with Gasteiger partial charge in [-0.2, -0.15) is 0 Å². The number of carbonyl (C=O) groups is 2. The van der Waals surface area contributed by atoms with Gasteiger partial charge in [0.05, 0.1) is 4.88 Å². The van der Waals surface area contributed by atoms with Crippen LogP contribution in [0.4, 0.5) is 0 Å². The van der Waals surface area contributed by atoms with Crippen LogP contribution in [0.1, 0.15) is 27.0 Å². The molecule has 1 aromatic heterocycles. The van der Waals surface area contributed by atoms with Crippen LogP contribution in [0, 0.1) is 6.92 Å². The van der Waals surface area contributed by atoms with Crippen LogP contribution < -0.4 is 10.1 Å². The highest BCUT2D eigenvalue weighted by Gasteiger charge is 2.06. The third kappa shape index (κ3) is 5.00. The molecule has 0 bridgehead atoms. The first kappa shape index (κ1) is 16.2. The number of amides is 1. The molecule has 0 aliphatic rings. The van der Waals surface area contributed by atoms with Gasteiger partial charge >= 0.3 is 0 Å². The van der Waals surface area contributed by atoms with E-state index in [1.807, 2.05) is 43.3 Å². The first-order valence-electron chi connectivity index (χ1n) is 7.10. The fourth-order valence-electron chi connectivity index (χ4n) is 1.93. The Bertz CT molecular complexity index is 663. The molecule has 5 heteroatoms. The van der Waals surface area contributed by atoms with Crippen LogP contribution in [0.3, 0.4) is 0 Å². The molecule has 116 valence electrons. The average Bonchev–Trinajstić information content (AvgIpc) is 2.94. The third-order valence-electron chi connectivity index (χ3n) is 3.06. The average molecular weight is 317 g/mol. The Balaban J connectivity index is 1.70. The van der Waals surface area contributed by atoms with E-state index in [1.165, 1.54) is 11.3 Å². The van der Waals surface area contributed by atoms with Crippen LogP contribution in [0.15, 0.2) is 36.4 Å². The number of nitrogens with one attached hydrogen (secondary N) is 1. The highest BCUT2D eigenvalue weighted by Crippen LogP contribution is 2.17. The van der Waals surface area contributed by atoms with Crippen LogP contribution in [-0.2, 0) is 11.2 Å². The smallest absolute Gasteiger partial charge is 0.257 e. The predicted molar refractivity (Wildman–Crippen MR) is 87.7 cm³/mol. The molecule has 0 saturated carbocycles. The summed E-state index contributed by atoms with van der Waals surface area (Å²) in [6.45, 7) is 4.07. The molecule has 2 rings (SSSR count). The largest absolute Gasteiger partial charge is 0.484 e. The van der Waals surface area contributed by atoms with Crippen molar-refractivity contribution in [3.05, 3.63) is 51.7 Å². The van der Waals surface area contributed by atoms with Crippen molar-refractivity contribution in [1.82, 2.24) is 5.32 Å². The van der Waals surface area contributed by atoms with Crippen LogP contribution in [0.25, 0.3) is 0 Å². The lowest BCUT2D eigenvalue weighted by atomic mass is 10.2. The molecule has 4 nitrogen and oxygen atoms in total. The van der Waals surface area contributed by atoms with Gasteiger partial charge in [-0.25, -0.2) is 0 Å². The summed E-state index contributed by atoms with van der Waals surface area (Å²) < 4.78 is 5.43. The SMILES string of the molecule is CC(=O)c1ccc(CCNC(=O)COc2cccc(C)c2)s1. The van der Waals surface area contributed by atoms with Crippen molar-refractivity contribution in [3.8, 4) is 5.75 Å². The first-order chi connectivity index (χ1) is 10.5. The maximum absolute atomic E-state index is 11.7. The Morgan fingerprint density at radius 3 is 2.73 bits per heavy atom. The number of Topliss-reactive ketones (excluding diaryl/α,β-unsaturated/α-hetero) is 1. The predicted octanol–water partition coefficient (Wildman–Crippen LogP) is 3.00. The lowest BCUT2D eigenvalue weighted by molar-refractivity contribution is -0.123. The standard InChI is InChI=1S/C17H19NO3S/c1-12-4-3-5-14(10-12)21-11-17(20)18-9-8-15-6-7-16(22-15)13(2)19/h3-7,10H,8-9,11H2,1-2H3,(H,18,20). The second kappa shape index (κ2) is 7.75. The van der Waals surface area contributed by atoms with Gasteiger partial charge in [-0.3, -0.25) is 9.59 Å². The number of ether oxygens (including phenoxy) is 1. The highest BCUT2D eigenvalue weighted by molar-refractivity contribution is 7.14. The summed E-state index contributed by atoms with van der Waals surface area (Å²) in [7, 11) is 0. The van der Waals surface area contributed by atoms with E-state index < -0.39 is 0 Å². The molecule has 0 saturated heterocycles. The van der Waals surface area contributed by atoms with Gasteiger partial charge in [0.25, 0.3) is 5.91 Å². The zero-order valence-electron chi connectivity index (χ0n) is 12.7. The van der Waals surface area contributed by atoms with Crippen LogP contribution in [0.2, 0.25) is 0 Å². The van der Waals surface area contributed by atoms with Gasteiger partial charge in [0, 0.05) is 11.4 Å². The van der Waals surface area contributed by atoms with Crippen molar-refractivity contribution in [2.45, 2.75) is 20.3 Å². The molecule has 0 unspecified atom stereocenters. The summed E-state index contributed by atoms with van der Waals surface area (Å²) in [5.74, 6) is 0.621. The van der Waals surface area contributed by atoms with Gasteiger partial charge in [-0.15, -0.1) is 11.3 Å². The van der Waals surface area contributed by atoms with E-state index in [9.17, 15) is 9.59 Å². The zero-order chi connectivity index (χ0) is 15.9. The maximum Gasteiger partial charge on any atom is 0.257 e. The number of aryl methyl sites for hydroxylation is 1. The van der Waals surface area contributed by atoms with Crippen molar-refractivity contribution in [1.29, 1.82) is 0 Å². The van der Waals surface area contributed by atoms with Gasteiger partial charge in [0.1, 0.15) is 5.75 Å². The molecule has 0 aliphatic heterocycles. The molecule has 0 aliphatic carbocycles. The van der Waals surface area contributed by atoms with Crippen LogP contribution in [-0.4, -0.2) is 24.8 Å². The highest BCUT2D eigenvalue weighted by atomic mass is 32.1. The molecule has 0 atom stereocenters. The van der Waals surface area contributed by atoms with Crippen molar-refractivity contribution < 1.29 is 14.3 Å². The number of benzene rings is 1. The topological polar surface area (TPSA) is 55.4 Å². The van der Waals surface area contributed by atoms with E-state index in [2.05, 4.69) is 5.32 Å². The van der Waals surface area contributed by atoms with Gasteiger partial charge in [0.15, 0.2) is 12.4 Å². The Morgan fingerprint density at radius 2 is 2.05 bits per heavy atom. The summed E-state index contributed by atoms with van der Waals surface area (Å²) in [6.07, 6.45) is 0.716. The fourth-order valence-corrected chi connectivity index (χ4v) is 2.83. The molecule has 2 aromatic rings. The molecule has 0 fully saturated rings. The Kier molecular flexibility index (Phi) is 5.72. The summed E-state index contributed by atoms with van der Waals surface area (Å²) in [4.78, 5) is 24.8. The number of hydrogen-bond donors (Lipinski definition) is 1.